The summed E-state index contributed by atoms with van der Waals surface area (Å²) in [6.45, 7) is -0.609. The van der Waals surface area contributed by atoms with Gasteiger partial charge in [-0.15, -0.1) is 0 Å². The molecule has 1 aliphatic heterocycles. The number of carboxylic acid groups (broad SMARTS) is 1. The summed E-state index contributed by atoms with van der Waals surface area (Å²) in [5, 5.41) is 7.88. The molecule has 1 fully saturated rings. The monoisotopic (exact) mass is 445 g/mol. The number of alkyl halides is 3. The van der Waals surface area contributed by atoms with E-state index < -0.39 is 68.4 Å². The molecule has 6 nitrogen and oxygen atoms in total. The second-order valence-electron chi connectivity index (χ2n) is 6.72. The Morgan fingerprint density at radius 2 is 1.63 bits per heavy atom. The maximum atomic E-state index is 13.3. The van der Waals surface area contributed by atoms with Crippen LogP contribution in [0, 0.1) is 5.82 Å². The molecule has 1 aliphatic rings. The molecule has 1 saturated heterocycles. The summed E-state index contributed by atoms with van der Waals surface area (Å²) >= 11 is 0. The van der Waals surface area contributed by atoms with E-state index in [2.05, 4.69) is 0 Å². The number of nitrogens with zero attached hydrogens (tertiary/aromatic N) is 1. The van der Waals surface area contributed by atoms with Crippen molar-refractivity contribution in [2.75, 3.05) is 6.54 Å². The van der Waals surface area contributed by atoms with Gasteiger partial charge in [-0.2, -0.15) is 13.2 Å². The molecule has 30 heavy (non-hydrogen) atoms. The molecule has 160 valence electrons. The Kier molecular flexibility index (Phi) is 5.59. The summed E-state index contributed by atoms with van der Waals surface area (Å²) in [5.41, 5.74) is -1.43. The standard InChI is InChI=1S/C19H15F4NO5S/c20-12-7-5-11(6-8-12)17(25)24-10-13(9-15(24)18(26)27)30(28,29)16-4-2-1-3-14(16)19(21,22)23/h1-8,13,15H,9-10H2,(H,26,27)/t13-,15+/m1/s1. The summed E-state index contributed by atoms with van der Waals surface area (Å²) in [6.07, 6.45) is -5.51. The summed E-state index contributed by atoms with van der Waals surface area (Å²) in [7, 11) is -4.61. The highest BCUT2D eigenvalue weighted by Gasteiger charge is 2.47. The van der Waals surface area contributed by atoms with Crippen molar-refractivity contribution < 1.29 is 40.7 Å². The molecule has 0 unspecified atom stereocenters. The van der Waals surface area contributed by atoms with Crippen LogP contribution in [0.2, 0.25) is 0 Å². The average molecular weight is 445 g/mol. The van der Waals surface area contributed by atoms with E-state index in [1.165, 1.54) is 0 Å². The highest BCUT2D eigenvalue weighted by molar-refractivity contribution is 7.92. The number of benzene rings is 2. The number of sulfone groups is 1. The number of likely N-dealkylation sites (tertiary alicyclic amines) is 1. The lowest BCUT2D eigenvalue weighted by Gasteiger charge is -2.21. The summed E-state index contributed by atoms with van der Waals surface area (Å²) in [6, 6.07) is 6.22. The van der Waals surface area contributed by atoms with E-state index in [9.17, 15) is 40.7 Å². The quantitative estimate of drug-likeness (QED) is 0.731. The first kappa shape index (κ1) is 21.8. The van der Waals surface area contributed by atoms with E-state index in [0.29, 0.717) is 6.07 Å². The van der Waals surface area contributed by atoms with Gasteiger partial charge in [-0.25, -0.2) is 17.6 Å². The number of rotatable bonds is 4. The highest BCUT2D eigenvalue weighted by atomic mass is 32.2. The van der Waals surface area contributed by atoms with E-state index in [1.807, 2.05) is 0 Å². The number of hydrogen-bond acceptors (Lipinski definition) is 4. The molecule has 11 heteroatoms. The molecule has 1 N–H and O–H groups in total. The molecule has 0 aromatic heterocycles. The van der Waals surface area contributed by atoms with Crippen molar-refractivity contribution in [3.05, 3.63) is 65.5 Å². The van der Waals surface area contributed by atoms with Crippen LogP contribution in [-0.4, -0.2) is 48.1 Å². The third-order valence-corrected chi connectivity index (χ3v) is 7.03. The van der Waals surface area contributed by atoms with E-state index >= 15 is 0 Å². The number of halogens is 4. The van der Waals surface area contributed by atoms with Crippen molar-refractivity contribution in [3.63, 3.8) is 0 Å². The maximum Gasteiger partial charge on any atom is 0.417 e. The minimum atomic E-state index is -4.93. The molecule has 0 aliphatic carbocycles. The average Bonchev–Trinajstić information content (AvgIpc) is 3.14. The van der Waals surface area contributed by atoms with Gasteiger partial charge >= 0.3 is 12.1 Å². The minimum Gasteiger partial charge on any atom is -0.480 e. The first-order valence-electron chi connectivity index (χ1n) is 8.62. The molecule has 0 bridgehead atoms. The molecular formula is C19H15F4NO5S. The summed E-state index contributed by atoms with van der Waals surface area (Å²) < 4.78 is 78.8. The van der Waals surface area contributed by atoms with Gasteiger partial charge < -0.3 is 10.0 Å². The Balaban J connectivity index is 1.98. The molecule has 2 atom stereocenters. The molecule has 2 aromatic rings. The van der Waals surface area contributed by atoms with Crippen molar-refractivity contribution >= 4 is 21.7 Å². The lowest BCUT2D eigenvalue weighted by Crippen LogP contribution is -2.40. The Bertz CT molecular complexity index is 1080. The number of amides is 1. The molecule has 2 aromatic carbocycles. The van der Waals surface area contributed by atoms with E-state index in [0.717, 1.165) is 47.4 Å². The zero-order chi connectivity index (χ0) is 22.3. The van der Waals surface area contributed by atoms with Crippen LogP contribution >= 0.6 is 0 Å². The topological polar surface area (TPSA) is 91.8 Å². The minimum absolute atomic E-state index is 0.0728. The van der Waals surface area contributed by atoms with Crippen molar-refractivity contribution in [1.29, 1.82) is 0 Å². The maximum absolute atomic E-state index is 13.3. The fraction of sp³-hybridized carbons (Fsp3) is 0.263. The Labute approximate surface area is 168 Å². The Morgan fingerprint density at radius 3 is 2.20 bits per heavy atom. The largest absolute Gasteiger partial charge is 0.480 e. The van der Waals surface area contributed by atoms with Gasteiger partial charge in [0.05, 0.1) is 15.7 Å². The van der Waals surface area contributed by atoms with Crippen molar-refractivity contribution in [2.45, 2.75) is 28.8 Å². The lowest BCUT2D eigenvalue weighted by atomic mass is 10.1. The van der Waals surface area contributed by atoms with Gasteiger partial charge in [-0.3, -0.25) is 4.79 Å². The van der Waals surface area contributed by atoms with Crippen LogP contribution in [0.3, 0.4) is 0 Å². The zero-order valence-electron chi connectivity index (χ0n) is 15.1. The number of carbonyl (C=O) groups excluding carboxylic acids is 1. The predicted molar refractivity (Wildman–Crippen MR) is 95.9 cm³/mol. The molecule has 1 amide bonds. The van der Waals surface area contributed by atoms with Gasteiger partial charge in [0.25, 0.3) is 5.91 Å². The van der Waals surface area contributed by atoms with Crippen LogP contribution in [0.15, 0.2) is 53.4 Å². The smallest absolute Gasteiger partial charge is 0.417 e. The molecule has 3 rings (SSSR count). The molecule has 1 heterocycles. The Morgan fingerprint density at radius 1 is 1.03 bits per heavy atom. The number of carboxylic acids is 1. The third kappa shape index (κ3) is 4.02. The first-order valence-corrected chi connectivity index (χ1v) is 10.2. The Hall–Kier alpha value is -2.95. The van der Waals surface area contributed by atoms with Crippen LogP contribution in [0.4, 0.5) is 17.6 Å². The lowest BCUT2D eigenvalue weighted by molar-refractivity contribution is -0.141. The highest BCUT2D eigenvalue weighted by Crippen LogP contribution is 2.37. The summed E-state index contributed by atoms with van der Waals surface area (Å²) in [4.78, 5) is 24.1. The van der Waals surface area contributed by atoms with Crippen LogP contribution in [0.25, 0.3) is 0 Å². The number of aliphatic carboxylic acids is 1. The van der Waals surface area contributed by atoms with Crippen LogP contribution in [0.1, 0.15) is 22.3 Å². The zero-order valence-corrected chi connectivity index (χ0v) is 16.0. The van der Waals surface area contributed by atoms with E-state index in [4.69, 9.17) is 0 Å². The molecular weight excluding hydrogens is 430 g/mol. The van der Waals surface area contributed by atoms with Crippen LogP contribution in [0.5, 0.6) is 0 Å². The normalized spacial score (nSPS) is 19.7. The third-order valence-electron chi connectivity index (χ3n) is 4.84. The van der Waals surface area contributed by atoms with E-state index in [1.54, 1.807) is 0 Å². The SMILES string of the molecule is O=C(O)[C@@H]1C[C@@H](S(=O)(=O)c2ccccc2C(F)(F)F)CN1C(=O)c1ccc(F)cc1. The fourth-order valence-corrected chi connectivity index (χ4v) is 5.28. The van der Waals surface area contributed by atoms with Crippen LogP contribution < -0.4 is 0 Å². The van der Waals surface area contributed by atoms with Gasteiger partial charge in [-0.05, 0) is 42.8 Å². The van der Waals surface area contributed by atoms with Crippen molar-refractivity contribution in [3.8, 4) is 0 Å². The second kappa shape index (κ2) is 7.71. The number of carbonyl (C=O) groups is 2. The predicted octanol–water partition coefficient (Wildman–Crippen LogP) is 2.99. The van der Waals surface area contributed by atoms with Crippen LogP contribution in [-0.2, 0) is 20.8 Å². The van der Waals surface area contributed by atoms with E-state index in [-0.39, 0.29) is 5.56 Å². The van der Waals surface area contributed by atoms with Gasteiger partial charge in [0.2, 0.25) is 0 Å². The van der Waals surface area contributed by atoms with Gasteiger partial charge in [0.15, 0.2) is 9.84 Å². The van der Waals surface area contributed by atoms with Gasteiger partial charge in [0, 0.05) is 12.1 Å². The first-order chi connectivity index (χ1) is 13.9. The van der Waals surface area contributed by atoms with Crippen molar-refractivity contribution in [1.82, 2.24) is 4.90 Å². The summed E-state index contributed by atoms with van der Waals surface area (Å²) in [5.74, 6) is -2.98. The fourth-order valence-electron chi connectivity index (χ4n) is 3.37. The van der Waals surface area contributed by atoms with Gasteiger partial charge in [-0.1, -0.05) is 12.1 Å². The van der Waals surface area contributed by atoms with Crippen molar-refractivity contribution in [2.24, 2.45) is 0 Å². The number of hydrogen-bond donors (Lipinski definition) is 1. The molecule has 0 saturated carbocycles. The van der Waals surface area contributed by atoms with Gasteiger partial charge in [0.1, 0.15) is 11.9 Å². The molecule has 0 spiro atoms. The molecule has 0 radical (unpaired) electrons. The second-order valence-corrected chi connectivity index (χ2v) is 8.91.